The van der Waals surface area contributed by atoms with E-state index in [0.717, 1.165) is 21.3 Å². The maximum Gasteiger partial charge on any atom is 0.258 e. The van der Waals surface area contributed by atoms with Gasteiger partial charge in [-0.05, 0) is 50.6 Å². The summed E-state index contributed by atoms with van der Waals surface area (Å²) in [6.45, 7) is 3.97. The van der Waals surface area contributed by atoms with Crippen molar-refractivity contribution in [1.29, 1.82) is 0 Å². The molecular weight excluding hydrogens is 342 g/mol. The van der Waals surface area contributed by atoms with Crippen LogP contribution in [-0.4, -0.2) is 17.1 Å². The van der Waals surface area contributed by atoms with Crippen molar-refractivity contribution in [2.75, 3.05) is 4.90 Å². The minimum atomic E-state index is -0.515. The highest BCUT2D eigenvalue weighted by molar-refractivity contribution is 9.10. The normalized spacial score (nSPS) is 20.6. The molecule has 1 N–H and O–H groups in total. The number of aliphatic hydroxyl groups excluding tert-OH is 1. The molecule has 114 valence electrons. The Morgan fingerprint density at radius 1 is 1.23 bits per heavy atom. The molecule has 3 nitrogen and oxygen atoms in total. The summed E-state index contributed by atoms with van der Waals surface area (Å²) in [5.74, 6) is -0.0306. The van der Waals surface area contributed by atoms with Crippen LogP contribution in [0.2, 0.25) is 0 Å². The van der Waals surface area contributed by atoms with Gasteiger partial charge in [0.15, 0.2) is 0 Å². The monoisotopic (exact) mass is 359 g/mol. The molecule has 0 fully saturated rings. The topological polar surface area (TPSA) is 40.5 Å². The highest BCUT2D eigenvalue weighted by atomic mass is 79.9. The zero-order valence-corrected chi connectivity index (χ0v) is 14.2. The van der Waals surface area contributed by atoms with E-state index in [1.54, 1.807) is 4.90 Å². The SMILES string of the molecule is Cc1ccc2c(c1)[C@H](O)C[C@@H](C)N2C(=O)c1ccc(Br)cc1. The van der Waals surface area contributed by atoms with E-state index in [-0.39, 0.29) is 11.9 Å². The Balaban J connectivity index is 2.04. The Hall–Kier alpha value is -1.65. The average molecular weight is 360 g/mol. The first-order valence-electron chi connectivity index (χ1n) is 7.35. The predicted molar refractivity (Wildman–Crippen MR) is 91.2 cm³/mol. The highest BCUT2D eigenvalue weighted by Gasteiger charge is 2.33. The number of amides is 1. The Morgan fingerprint density at radius 3 is 2.59 bits per heavy atom. The largest absolute Gasteiger partial charge is 0.388 e. The van der Waals surface area contributed by atoms with Gasteiger partial charge in [0, 0.05) is 21.6 Å². The molecule has 2 aromatic rings. The van der Waals surface area contributed by atoms with Gasteiger partial charge in [-0.15, -0.1) is 0 Å². The smallest absolute Gasteiger partial charge is 0.258 e. The standard InChI is InChI=1S/C18H18BrNO2/c1-11-3-8-16-15(9-11)17(21)10-12(2)20(16)18(22)13-4-6-14(19)7-5-13/h3-9,12,17,21H,10H2,1-2H3/t12-,17-/m1/s1. The van der Waals surface area contributed by atoms with Crippen LogP contribution in [0.5, 0.6) is 0 Å². The molecular formula is C18H18BrNO2. The molecule has 0 radical (unpaired) electrons. The van der Waals surface area contributed by atoms with Crippen molar-refractivity contribution >= 4 is 27.5 Å². The number of rotatable bonds is 1. The molecule has 0 bridgehead atoms. The molecule has 1 amide bonds. The van der Waals surface area contributed by atoms with Gasteiger partial charge in [0.1, 0.15) is 0 Å². The van der Waals surface area contributed by atoms with E-state index in [1.165, 1.54) is 0 Å². The van der Waals surface area contributed by atoms with Crippen molar-refractivity contribution in [3.8, 4) is 0 Å². The summed E-state index contributed by atoms with van der Waals surface area (Å²) in [4.78, 5) is 14.7. The van der Waals surface area contributed by atoms with Crippen molar-refractivity contribution in [3.63, 3.8) is 0 Å². The molecule has 0 aromatic heterocycles. The van der Waals surface area contributed by atoms with Gasteiger partial charge in [-0.25, -0.2) is 0 Å². The Bertz CT molecular complexity index is 712. The van der Waals surface area contributed by atoms with Crippen LogP contribution >= 0.6 is 15.9 Å². The predicted octanol–water partition coefficient (Wildman–Crippen LogP) is 4.23. The number of fused-ring (bicyclic) bond motifs is 1. The third-order valence-electron chi connectivity index (χ3n) is 4.12. The lowest BCUT2D eigenvalue weighted by Crippen LogP contribution is -2.43. The van der Waals surface area contributed by atoms with Gasteiger partial charge >= 0.3 is 0 Å². The second-order valence-corrected chi connectivity index (χ2v) is 6.76. The number of halogens is 1. The van der Waals surface area contributed by atoms with Crippen LogP contribution < -0.4 is 4.90 Å². The van der Waals surface area contributed by atoms with E-state index in [9.17, 15) is 9.90 Å². The summed E-state index contributed by atoms with van der Waals surface area (Å²) in [6.07, 6.45) is 0.0393. The first-order valence-corrected chi connectivity index (χ1v) is 8.14. The van der Waals surface area contributed by atoms with Crippen LogP contribution in [0.4, 0.5) is 5.69 Å². The summed E-state index contributed by atoms with van der Waals surface area (Å²) >= 11 is 3.39. The number of hydrogen-bond donors (Lipinski definition) is 1. The lowest BCUT2D eigenvalue weighted by Gasteiger charge is -2.38. The molecule has 3 rings (SSSR count). The lowest BCUT2D eigenvalue weighted by atomic mass is 9.92. The third kappa shape index (κ3) is 2.69. The van der Waals surface area contributed by atoms with Gasteiger partial charge in [0.25, 0.3) is 5.91 Å². The second-order valence-electron chi connectivity index (χ2n) is 5.84. The van der Waals surface area contributed by atoms with Crippen LogP contribution in [0.15, 0.2) is 46.9 Å². The first-order chi connectivity index (χ1) is 10.5. The number of aryl methyl sites for hydroxylation is 1. The molecule has 0 unspecified atom stereocenters. The van der Waals surface area contributed by atoms with E-state index < -0.39 is 6.10 Å². The summed E-state index contributed by atoms with van der Waals surface area (Å²) in [5.41, 5.74) is 3.38. The van der Waals surface area contributed by atoms with Gasteiger partial charge in [-0.1, -0.05) is 33.6 Å². The summed E-state index contributed by atoms with van der Waals surface area (Å²) in [6, 6.07) is 13.2. The van der Waals surface area contributed by atoms with Crippen molar-refractivity contribution in [2.45, 2.75) is 32.4 Å². The fourth-order valence-electron chi connectivity index (χ4n) is 2.99. The van der Waals surface area contributed by atoms with E-state index in [2.05, 4.69) is 15.9 Å². The molecule has 22 heavy (non-hydrogen) atoms. The summed E-state index contributed by atoms with van der Waals surface area (Å²) < 4.78 is 0.946. The number of hydrogen-bond acceptors (Lipinski definition) is 2. The summed E-state index contributed by atoms with van der Waals surface area (Å²) in [5, 5.41) is 10.3. The zero-order valence-electron chi connectivity index (χ0n) is 12.6. The maximum absolute atomic E-state index is 12.9. The Kier molecular flexibility index (Phi) is 4.06. The maximum atomic E-state index is 12.9. The van der Waals surface area contributed by atoms with Gasteiger partial charge in [0.05, 0.1) is 11.8 Å². The van der Waals surface area contributed by atoms with E-state index in [0.29, 0.717) is 12.0 Å². The van der Waals surface area contributed by atoms with Crippen molar-refractivity contribution < 1.29 is 9.90 Å². The quantitative estimate of drug-likeness (QED) is 0.827. The van der Waals surface area contributed by atoms with E-state index in [1.807, 2.05) is 56.3 Å². The number of benzene rings is 2. The van der Waals surface area contributed by atoms with Crippen LogP contribution in [0.25, 0.3) is 0 Å². The van der Waals surface area contributed by atoms with Crippen LogP contribution in [0, 0.1) is 6.92 Å². The lowest BCUT2D eigenvalue weighted by molar-refractivity contribution is 0.0949. The summed E-state index contributed by atoms with van der Waals surface area (Å²) in [7, 11) is 0. The highest BCUT2D eigenvalue weighted by Crippen LogP contribution is 2.38. The number of carbonyl (C=O) groups excluding carboxylic acids is 1. The van der Waals surface area contributed by atoms with Gasteiger partial charge in [-0.3, -0.25) is 4.79 Å². The number of anilines is 1. The van der Waals surface area contributed by atoms with Gasteiger partial charge < -0.3 is 10.0 Å². The molecule has 2 aromatic carbocycles. The minimum absolute atomic E-state index is 0.0306. The molecule has 2 atom stereocenters. The first kappa shape index (κ1) is 15.3. The Labute approximate surface area is 138 Å². The van der Waals surface area contributed by atoms with Crippen molar-refractivity contribution in [1.82, 2.24) is 0 Å². The molecule has 1 heterocycles. The van der Waals surface area contributed by atoms with E-state index >= 15 is 0 Å². The number of aliphatic hydroxyl groups is 1. The molecule has 0 saturated heterocycles. The average Bonchev–Trinajstić information content (AvgIpc) is 2.48. The van der Waals surface area contributed by atoms with Crippen molar-refractivity contribution in [3.05, 3.63) is 63.6 Å². The molecule has 4 heteroatoms. The van der Waals surface area contributed by atoms with Crippen LogP contribution in [0.3, 0.4) is 0 Å². The third-order valence-corrected chi connectivity index (χ3v) is 4.65. The molecule has 1 aliphatic rings. The van der Waals surface area contributed by atoms with Crippen molar-refractivity contribution in [2.24, 2.45) is 0 Å². The van der Waals surface area contributed by atoms with Gasteiger partial charge in [0.2, 0.25) is 0 Å². The minimum Gasteiger partial charge on any atom is -0.388 e. The fraction of sp³-hybridized carbons (Fsp3) is 0.278. The number of nitrogens with zero attached hydrogens (tertiary/aromatic N) is 1. The molecule has 1 aliphatic heterocycles. The van der Waals surface area contributed by atoms with Gasteiger partial charge in [-0.2, -0.15) is 0 Å². The van der Waals surface area contributed by atoms with Crippen LogP contribution in [-0.2, 0) is 0 Å². The van der Waals surface area contributed by atoms with Crippen LogP contribution in [0.1, 0.15) is 40.9 Å². The molecule has 0 saturated carbocycles. The number of carbonyl (C=O) groups is 1. The zero-order chi connectivity index (χ0) is 15.9. The Morgan fingerprint density at radius 2 is 1.91 bits per heavy atom. The molecule has 0 aliphatic carbocycles. The molecule has 0 spiro atoms. The second kappa shape index (κ2) is 5.86. The fourth-order valence-corrected chi connectivity index (χ4v) is 3.26. The van der Waals surface area contributed by atoms with E-state index in [4.69, 9.17) is 0 Å².